The molecule has 2 N–H and O–H groups in total. The van der Waals surface area contributed by atoms with Crippen LogP contribution in [-0.2, 0) is 0 Å². The van der Waals surface area contributed by atoms with Gasteiger partial charge in [-0.2, -0.15) is 0 Å². The van der Waals surface area contributed by atoms with E-state index >= 15 is 0 Å². The second-order valence-electron chi connectivity index (χ2n) is 8.93. The fourth-order valence-corrected chi connectivity index (χ4v) is 5.53. The molecule has 2 saturated carbocycles. The average Bonchev–Trinajstić information content (AvgIpc) is 3.18. The minimum atomic E-state index is 0.389. The van der Waals surface area contributed by atoms with Crippen LogP contribution in [-0.4, -0.2) is 37.2 Å². The summed E-state index contributed by atoms with van der Waals surface area (Å²) >= 11 is 0. The molecule has 0 aromatic carbocycles. The molecular formula is C20H32N4. The van der Waals surface area contributed by atoms with Crippen LogP contribution in [0.5, 0.6) is 0 Å². The van der Waals surface area contributed by atoms with Crippen molar-refractivity contribution in [3.8, 4) is 0 Å². The maximum Gasteiger partial charge on any atom is 0.128 e. The summed E-state index contributed by atoms with van der Waals surface area (Å²) in [7, 11) is 2.06. The molecule has 3 aliphatic rings. The molecule has 2 aliphatic carbocycles. The van der Waals surface area contributed by atoms with Crippen molar-refractivity contribution in [1.82, 2.24) is 10.3 Å². The van der Waals surface area contributed by atoms with Crippen LogP contribution in [0.3, 0.4) is 0 Å². The summed E-state index contributed by atoms with van der Waals surface area (Å²) < 4.78 is 0. The summed E-state index contributed by atoms with van der Waals surface area (Å²) in [5, 5.41) is 7.20. The van der Waals surface area contributed by atoms with E-state index < -0.39 is 0 Å². The number of rotatable bonds is 4. The Bertz CT molecular complexity index is 613. The van der Waals surface area contributed by atoms with Crippen molar-refractivity contribution < 1.29 is 0 Å². The molecule has 0 radical (unpaired) electrons. The van der Waals surface area contributed by atoms with Gasteiger partial charge in [0.05, 0.1) is 0 Å². The Kier molecular flexibility index (Phi) is 3.79. The first-order valence-electron chi connectivity index (χ1n) is 9.59. The van der Waals surface area contributed by atoms with Crippen LogP contribution in [0.2, 0.25) is 0 Å². The van der Waals surface area contributed by atoms with Crippen molar-refractivity contribution in [1.29, 1.82) is 0 Å². The zero-order valence-corrected chi connectivity index (χ0v) is 15.6. The van der Waals surface area contributed by atoms with Gasteiger partial charge in [-0.1, -0.05) is 20.8 Å². The van der Waals surface area contributed by atoms with E-state index in [1.807, 2.05) is 6.20 Å². The maximum absolute atomic E-state index is 4.62. The number of likely N-dealkylation sites (N-methyl/N-ethyl adjacent to an activating group) is 1. The number of nitrogens with one attached hydrogen (secondary N) is 2. The normalized spacial score (nSPS) is 37.2. The molecule has 1 aliphatic heterocycles. The molecule has 1 aromatic rings. The highest BCUT2D eigenvalue weighted by Gasteiger charge is 2.61. The Morgan fingerprint density at radius 1 is 1.25 bits per heavy atom. The lowest BCUT2D eigenvalue weighted by molar-refractivity contribution is 0.142. The largest absolute Gasteiger partial charge is 0.370 e. The summed E-state index contributed by atoms with van der Waals surface area (Å²) in [6.45, 7) is 9.65. The third-order valence-corrected chi connectivity index (χ3v) is 7.82. The molecule has 4 rings (SSSR count). The second-order valence-corrected chi connectivity index (χ2v) is 8.93. The molecule has 4 atom stereocenters. The lowest BCUT2D eigenvalue weighted by Crippen LogP contribution is -2.40. The van der Waals surface area contributed by atoms with Gasteiger partial charge in [0.1, 0.15) is 5.82 Å². The highest BCUT2D eigenvalue weighted by Crippen LogP contribution is 2.65. The van der Waals surface area contributed by atoms with E-state index in [-0.39, 0.29) is 0 Å². The van der Waals surface area contributed by atoms with Gasteiger partial charge >= 0.3 is 0 Å². The Labute approximate surface area is 146 Å². The fraction of sp³-hybridized carbons (Fsp3) is 0.750. The van der Waals surface area contributed by atoms with Gasteiger partial charge in [0.15, 0.2) is 0 Å². The zero-order valence-electron chi connectivity index (χ0n) is 15.6. The fourth-order valence-electron chi connectivity index (χ4n) is 5.53. The molecule has 132 valence electrons. The number of aromatic nitrogens is 1. The van der Waals surface area contributed by atoms with Crippen molar-refractivity contribution in [3.63, 3.8) is 0 Å². The predicted molar refractivity (Wildman–Crippen MR) is 101 cm³/mol. The zero-order chi connectivity index (χ0) is 16.9. The molecule has 1 saturated heterocycles. The molecule has 2 bridgehead atoms. The third kappa shape index (κ3) is 2.33. The van der Waals surface area contributed by atoms with Crippen LogP contribution in [0.15, 0.2) is 18.3 Å². The number of pyridine rings is 1. The van der Waals surface area contributed by atoms with E-state index in [9.17, 15) is 0 Å². The van der Waals surface area contributed by atoms with Crippen molar-refractivity contribution in [3.05, 3.63) is 18.3 Å². The van der Waals surface area contributed by atoms with Gasteiger partial charge in [-0.05, 0) is 55.5 Å². The van der Waals surface area contributed by atoms with Gasteiger partial charge in [0, 0.05) is 43.1 Å². The summed E-state index contributed by atoms with van der Waals surface area (Å²) in [5.41, 5.74) is 2.13. The molecule has 3 fully saturated rings. The molecule has 24 heavy (non-hydrogen) atoms. The molecule has 0 spiro atoms. The quantitative estimate of drug-likeness (QED) is 0.887. The van der Waals surface area contributed by atoms with E-state index in [2.05, 4.69) is 60.5 Å². The number of fused-ring (bicyclic) bond motifs is 2. The number of hydrogen-bond donors (Lipinski definition) is 2. The minimum Gasteiger partial charge on any atom is -0.370 e. The Balaban J connectivity index is 1.50. The van der Waals surface area contributed by atoms with Crippen LogP contribution in [0, 0.1) is 16.7 Å². The first-order chi connectivity index (χ1) is 11.4. The smallest absolute Gasteiger partial charge is 0.128 e. The molecular weight excluding hydrogens is 296 g/mol. The van der Waals surface area contributed by atoms with Crippen molar-refractivity contribution in [2.45, 2.75) is 58.5 Å². The van der Waals surface area contributed by atoms with E-state index in [0.29, 0.717) is 22.9 Å². The van der Waals surface area contributed by atoms with Crippen LogP contribution in [0.4, 0.5) is 11.5 Å². The minimum absolute atomic E-state index is 0.389. The van der Waals surface area contributed by atoms with Gasteiger partial charge < -0.3 is 15.5 Å². The maximum atomic E-state index is 4.62. The number of anilines is 2. The van der Waals surface area contributed by atoms with Gasteiger partial charge in [0.25, 0.3) is 0 Å². The van der Waals surface area contributed by atoms with E-state index in [0.717, 1.165) is 24.8 Å². The lowest BCUT2D eigenvalue weighted by atomic mass is 9.69. The van der Waals surface area contributed by atoms with Crippen LogP contribution < -0.4 is 15.5 Å². The average molecular weight is 329 g/mol. The number of hydrogen-bond acceptors (Lipinski definition) is 4. The van der Waals surface area contributed by atoms with Crippen molar-refractivity contribution in [2.24, 2.45) is 16.7 Å². The van der Waals surface area contributed by atoms with Crippen molar-refractivity contribution >= 4 is 11.5 Å². The van der Waals surface area contributed by atoms with E-state index in [1.54, 1.807) is 0 Å². The second kappa shape index (κ2) is 5.62. The predicted octanol–water partition coefficient (Wildman–Crippen LogP) is 3.51. The third-order valence-electron chi connectivity index (χ3n) is 7.82. The van der Waals surface area contributed by atoms with Crippen LogP contribution in [0.1, 0.15) is 46.5 Å². The highest BCUT2D eigenvalue weighted by molar-refractivity contribution is 5.55. The van der Waals surface area contributed by atoms with Gasteiger partial charge in [-0.3, -0.25) is 0 Å². The topological polar surface area (TPSA) is 40.2 Å². The lowest BCUT2D eigenvalue weighted by Gasteiger charge is -2.39. The van der Waals surface area contributed by atoms with E-state index in [4.69, 9.17) is 0 Å². The Morgan fingerprint density at radius 2 is 2.08 bits per heavy atom. The van der Waals surface area contributed by atoms with Gasteiger partial charge in [0.2, 0.25) is 0 Å². The molecule has 4 heteroatoms. The summed E-state index contributed by atoms with van der Waals surface area (Å²) in [4.78, 5) is 7.10. The molecule has 1 unspecified atom stereocenters. The first-order valence-corrected chi connectivity index (χ1v) is 9.59. The number of nitrogens with zero attached hydrogens (tertiary/aromatic N) is 2. The molecule has 4 nitrogen and oxygen atoms in total. The molecule has 1 aromatic heterocycles. The Morgan fingerprint density at radius 3 is 2.71 bits per heavy atom. The highest BCUT2D eigenvalue weighted by atomic mass is 15.2. The molecule has 0 amide bonds. The summed E-state index contributed by atoms with van der Waals surface area (Å²) in [5.74, 6) is 1.91. The SMILES string of the molecule is CN[C@@H]1CCN(c2ccnc(NC3C[C@H]4CC[C@]3(C)C4(C)C)c2)C1. The van der Waals surface area contributed by atoms with E-state index in [1.165, 1.54) is 31.4 Å². The Hall–Kier alpha value is -1.29. The first kappa shape index (κ1) is 16.2. The molecule has 2 heterocycles. The van der Waals surface area contributed by atoms with Crippen LogP contribution in [0.25, 0.3) is 0 Å². The standard InChI is InChI=1S/C20H32N4/c1-19(2)14-5-8-20(19,3)17(11-14)23-18-12-16(6-9-22-18)24-10-7-15(13-24)21-4/h6,9,12,14-15,17,21H,5,7-8,10-11,13H2,1-4H3,(H,22,23)/t14-,15-,17?,20+/m1/s1. The van der Waals surface area contributed by atoms with Crippen molar-refractivity contribution in [2.75, 3.05) is 30.4 Å². The van der Waals surface area contributed by atoms with Crippen LogP contribution >= 0.6 is 0 Å². The monoisotopic (exact) mass is 328 g/mol. The van der Waals surface area contributed by atoms with Gasteiger partial charge in [-0.25, -0.2) is 4.98 Å². The summed E-state index contributed by atoms with van der Waals surface area (Å²) in [6, 6.07) is 5.56. The summed E-state index contributed by atoms with van der Waals surface area (Å²) in [6.07, 6.45) is 7.22. The van der Waals surface area contributed by atoms with Gasteiger partial charge in [-0.15, -0.1) is 0 Å².